The summed E-state index contributed by atoms with van der Waals surface area (Å²) in [6.07, 6.45) is 0. The lowest BCUT2D eigenvalue weighted by Gasteiger charge is -2.26. The number of nitrogens with zero attached hydrogens (tertiary/aromatic N) is 3. The number of hydrogen-bond acceptors (Lipinski definition) is 5. The molecule has 0 radical (unpaired) electrons. The third-order valence-corrected chi connectivity index (χ3v) is 4.35. The van der Waals surface area contributed by atoms with Crippen LogP contribution in [0.2, 0.25) is 0 Å². The predicted molar refractivity (Wildman–Crippen MR) is 96.0 cm³/mol. The highest BCUT2D eigenvalue weighted by Gasteiger charge is 2.18. The highest BCUT2D eigenvalue weighted by molar-refractivity contribution is 6.04. The highest BCUT2D eigenvalue weighted by atomic mass is 16.5. The molecule has 1 aromatic carbocycles. The van der Waals surface area contributed by atoms with E-state index in [1.54, 1.807) is 18.2 Å². The first-order chi connectivity index (χ1) is 12.1. The van der Waals surface area contributed by atoms with Crippen molar-refractivity contribution in [3.8, 4) is 0 Å². The van der Waals surface area contributed by atoms with Gasteiger partial charge in [0.2, 0.25) is 0 Å². The van der Waals surface area contributed by atoms with Crippen molar-refractivity contribution in [2.75, 3.05) is 39.4 Å². The summed E-state index contributed by atoms with van der Waals surface area (Å²) in [5.74, 6) is -0.251. The molecule has 1 aliphatic heterocycles. The zero-order valence-electron chi connectivity index (χ0n) is 14.7. The molecule has 7 nitrogen and oxygen atoms in total. The number of fused-ring (bicyclic) bond motifs is 1. The summed E-state index contributed by atoms with van der Waals surface area (Å²) in [6.45, 7) is 8.31. The molecule has 134 valence electrons. The molecule has 0 aliphatic carbocycles. The molecule has 1 aromatic heterocycles. The molecule has 1 saturated heterocycles. The number of morpholine rings is 1. The van der Waals surface area contributed by atoms with Gasteiger partial charge < -0.3 is 10.1 Å². The fourth-order valence-corrected chi connectivity index (χ4v) is 2.96. The molecule has 0 atom stereocenters. The molecular weight excluding hydrogens is 320 g/mol. The number of carbonyl (C=O) groups excluding carboxylic acids is 1. The number of aromatic nitrogens is 2. The van der Waals surface area contributed by atoms with Gasteiger partial charge in [-0.3, -0.25) is 14.5 Å². The van der Waals surface area contributed by atoms with E-state index in [0.717, 1.165) is 32.8 Å². The van der Waals surface area contributed by atoms with Crippen molar-refractivity contribution < 1.29 is 9.53 Å². The molecule has 3 rings (SSSR count). The lowest BCUT2D eigenvalue weighted by molar-refractivity contribution is 0.0383. The number of rotatable bonds is 5. The van der Waals surface area contributed by atoms with Crippen LogP contribution in [0.25, 0.3) is 10.8 Å². The largest absolute Gasteiger partial charge is 0.379 e. The first-order valence-electron chi connectivity index (χ1n) is 8.68. The fraction of sp³-hybridized carbons (Fsp3) is 0.500. The van der Waals surface area contributed by atoms with Crippen LogP contribution in [-0.2, 0) is 4.74 Å². The second kappa shape index (κ2) is 7.76. The van der Waals surface area contributed by atoms with Gasteiger partial charge in [-0.05, 0) is 19.9 Å². The van der Waals surface area contributed by atoms with Gasteiger partial charge in [-0.15, -0.1) is 0 Å². The first kappa shape index (κ1) is 17.6. The van der Waals surface area contributed by atoms with Crippen LogP contribution in [0.1, 0.15) is 30.4 Å². The Labute approximate surface area is 146 Å². The number of carbonyl (C=O) groups is 1. The van der Waals surface area contributed by atoms with Gasteiger partial charge in [0.1, 0.15) is 0 Å². The number of hydrogen-bond donors (Lipinski definition) is 1. The summed E-state index contributed by atoms with van der Waals surface area (Å²) in [5, 5.41) is 8.36. The van der Waals surface area contributed by atoms with E-state index in [9.17, 15) is 9.59 Å². The van der Waals surface area contributed by atoms with Crippen LogP contribution in [0.5, 0.6) is 0 Å². The topological polar surface area (TPSA) is 76.5 Å². The molecule has 2 aromatic rings. The van der Waals surface area contributed by atoms with Gasteiger partial charge in [0.05, 0.1) is 24.6 Å². The molecule has 7 heteroatoms. The van der Waals surface area contributed by atoms with E-state index in [2.05, 4.69) is 15.3 Å². The Morgan fingerprint density at radius 3 is 2.60 bits per heavy atom. The van der Waals surface area contributed by atoms with Crippen LogP contribution in [0.15, 0.2) is 29.1 Å². The quantitative estimate of drug-likeness (QED) is 0.877. The summed E-state index contributed by atoms with van der Waals surface area (Å²) in [7, 11) is 0. The summed E-state index contributed by atoms with van der Waals surface area (Å²) in [4.78, 5) is 27.4. The second-order valence-corrected chi connectivity index (χ2v) is 6.45. The predicted octanol–water partition coefficient (Wildman–Crippen LogP) is 1.04. The summed E-state index contributed by atoms with van der Waals surface area (Å²) < 4.78 is 6.69. The minimum Gasteiger partial charge on any atom is -0.379 e. The van der Waals surface area contributed by atoms with E-state index in [1.165, 1.54) is 4.68 Å². The van der Waals surface area contributed by atoms with Gasteiger partial charge in [-0.2, -0.15) is 5.10 Å². The zero-order chi connectivity index (χ0) is 17.8. The van der Waals surface area contributed by atoms with Crippen molar-refractivity contribution >= 4 is 16.7 Å². The Hall–Kier alpha value is -2.25. The zero-order valence-corrected chi connectivity index (χ0v) is 14.7. The van der Waals surface area contributed by atoms with Crippen LogP contribution in [-0.4, -0.2) is 60.0 Å². The third-order valence-electron chi connectivity index (χ3n) is 4.35. The maximum absolute atomic E-state index is 12.7. The summed E-state index contributed by atoms with van der Waals surface area (Å²) in [5.41, 5.74) is 0.126. The normalized spacial score (nSPS) is 15.6. The van der Waals surface area contributed by atoms with Gasteiger partial charge in [-0.1, -0.05) is 18.2 Å². The van der Waals surface area contributed by atoms with Crippen molar-refractivity contribution in [1.29, 1.82) is 0 Å². The monoisotopic (exact) mass is 344 g/mol. The van der Waals surface area contributed by atoms with Crippen LogP contribution in [0.4, 0.5) is 0 Å². The van der Waals surface area contributed by atoms with Crippen molar-refractivity contribution in [1.82, 2.24) is 20.0 Å². The molecule has 0 unspecified atom stereocenters. The van der Waals surface area contributed by atoms with Crippen LogP contribution >= 0.6 is 0 Å². The molecule has 0 saturated carbocycles. The standard InChI is InChI=1S/C18H24N4O3/c1-13(2)22-18(24)15-6-4-3-5-14(15)16(20-22)17(23)19-7-8-21-9-11-25-12-10-21/h3-6,13H,7-12H2,1-2H3,(H,19,23). The van der Waals surface area contributed by atoms with Gasteiger partial charge in [-0.25, -0.2) is 4.68 Å². The molecule has 1 aliphatic rings. The van der Waals surface area contributed by atoms with Crippen molar-refractivity contribution in [3.63, 3.8) is 0 Å². The van der Waals surface area contributed by atoms with Crippen LogP contribution in [0, 0.1) is 0 Å². The molecule has 1 N–H and O–H groups in total. The average Bonchev–Trinajstić information content (AvgIpc) is 2.62. The summed E-state index contributed by atoms with van der Waals surface area (Å²) in [6, 6.07) is 7.01. The number of ether oxygens (including phenoxy) is 1. The van der Waals surface area contributed by atoms with E-state index < -0.39 is 0 Å². The minimum absolute atomic E-state index is 0.114. The molecule has 1 amide bonds. The Kier molecular flexibility index (Phi) is 5.45. The Morgan fingerprint density at radius 2 is 1.92 bits per heavy atom. The van der Waals surface area contributed by atoms with E-state index in [1.807, 2.05) is 19.9 Å². The first-order valence-corrected chi connectivity index (χ1v) is 8.68. The van der Waals surface area contributed by atoms with E-state index in [4.69, 9.17) is 4.74 Å². The second-order valence-electron chi connectivity index (χ2n) is 6.45. The Balaban J connectivity index is 1.80. The van der Waals surface area contributed by atoms with Crippen molar-refractivity contribution in [2.45, 2.75) is 19.9 Å². The molecule has 25 heavy (non-hydrogen) atoms. The van der Waals surface area contributed by atoms with Crippen LogP contribution in [0.3, 0.4) is 0 Å². The van der Waals surface area contributed by atoms with Gasteiger partial charge in [0.15, 0.2) is 5.69 Å². The molecule has 1 fully saturated rings. The van der Waals surface area contributed by atoms with E-state index in [-0.39, 0.29) is 17.5 Å². The van der Waals surface area contributed by atoms with Crippen LogP contribution < -0.4 is 10.9 Å². The fourth-order valence-electron chi connectivity index (χ4n) is 2.96. The SMILES string of the molecule is CC(C)n1nc(C(=O)NCCN2CCOCC2)c2ccccc2c1=O. The average molecular weight is 344 g/mol. The smallest absolute Gasteiger partial charge is 0.274 e. The number of benzene rings is 1. The Bertz CT molecular complexity index is 810. The van der Waals surface area contributed by atoms with Gasteiger partial charge in [0, 0.05) is 31.6 Å². The molecule has 2 heterocycles. The molecule has 0 spiro atoms. The summed E-state index contributed by atoms with van der Waals surface area (Å²) >= 11 is 0. The van der Waals surface area contributed by atoms with Crippen molar-refractivity contribution in [3.05, 3.63) is 40.3 Å². The third kappa shape index (κ3) is 3.88. The van der Waals surface area contributed by atoms with Gasteiger partial charge >= 0.3 is 0 Å². The maximum atomic E-state index is 12.7. The number of amides is 1. The van der Waals surface area contributed by atoms with E-state index in [0.29, 0.717) is 23.0 Å². The van der Waals surface area contributed by atoms with Crippen molar-refractivity contribution in [2.24, 2.45) is 0 Å². The maximum Gasteiger partial charge on any atom is 0.274 e. The minimum atomic E-state index is -0.251. The van der Waals surface area contributed by atoms with Gasteiger partial charge in [0.25, 0.3) is 11.5 Å². The number of nitrogens with one attached hydrogen (secondary N) is 1. The molecular formula is C18H24N4O3. The Morgan fingerprint density at radius 1 is 1.24 bits per heavy atom. The van der Waals surface area contributed by atoms with E-state index >= 15 is 0 Å². The molecule has 0 bridgehead atoms. The lowest BCUT2D eigenvalue weighted by atomic mass is 10.1. The lowest BCUT2D eigenvalue weighted by Crippen LogP contribution is -2.41. The highest BCUT2D eigenvalue weighted by Crippen LogP contribution is 2.14.